The first-order valence-electron chi connectivity index (χ1n) is 5.50. The largest absolute Gasteiger partial charge is 0.384 e. The number of aromatic nitrogens is 2. The van der Waals surface area contributed by atoms with Crippen LogP contribution in [0.25, 0.3) is 0 Å². The van der Waals surface area contributed by atoms with E-state index in [1.165, 1.54) is 17.5 Å². The molecule has 0 atom stereocenters. The monoisotopic (exact) mass is 273 g/mol. The number of aliphatic hydroxyl groups is 1. The third-order valence-corrected chi connectivity index (χ3v) is 3.00. The van der Waals surface area contributed by atoms with Crippen LogP contribution in [-0.4, -0.2) is 27.6 Å². The first-order chi connectivity index (χ1) is 9.29. The first-order valence-corrected chi connectivity index (χ1v) is 6.38. The van der Waals surface area contributed by atoms with Gasteiger partial charge in [0.1, 0.15) is 6.61 Å². The maximum absolute atomic E-state index is 11.9. The van der Waals surface area contributed by atoms with Gasteiger partial charge in [-0.25, -0.2) is 0 Å². The molecule has 0 unspecified atom stereocenters. The summed E-state index contributed by atoms with van der Waals surface area (Å²) in [5.41, 5.74) is 2.75. The van der Waals surface area contributed by atoms with E-state index in [1.807, 2.05) is 0 Å². The summed E-state index contributed by atoms with van der Waals surface area (Å²) in [5.74, 6) is 5.01. The number of nitrogens with zero attached hydrogens (tertiary/aromatic N) is 2. The molecule has 0 saturated carbocycles. The molecular formula is C13H11N3O2S. The zero-order valence-corrected chi connectivity index (χ0v) is 10.8. The van der Waals surface area contributed by atoms with Crippen molar-refractivity contribution in [2.75, 3.05) is 6.61 Å². The highest BCUT2D eigenvalue weighted by Crippen LogP contribution is 2.06. The van der Waals surface area contributed by atoms with Crippen molar-refractivity contribution in [3.05, 3.63) is 46.2 Å². The lowest BCUT2D eigenvalue weighted by Gasteiger charge is -2.03. The highest BCUT2D eigenvalue weighted by molar-refractivity contribution is 7.09. The summed E-state index contributed by atoms with van der Waals surface area (Å²) in [6.07, 6.45) is 4.74. The lowest BCUT2D eigenvalue weighted by Crippen LogP contribution is -2.22. The topological polar surface area (TPSA) is 75.1 Å². The second-order valence-corrected chi connectivity index (χ2v) is 4.54. The van der Waals surface area contributed by atoms with Crippen molar-refractivity contribution in [1.29, 1.82) is 0 Å². The minimum atomic E-state index is -0.220. The third-order valence-electron chi connectivity index (χ3n) is 2.22. The molecule has 0 radical (unpaired) electrons. The van der Waals surface area contributed by atoms with Crippen molar-refractivity contribution in [2.24, 2.45) is 0 Å². The molecule has 0 spiro atoms. The van der Waals surface area contributed by atoms with Crippen molar-refractivity contribution in [1.82, 2.24) is 15.3 Å². The van der Waals surface area contributed by atoms with Gasteiger partial charge in [-0.15, -0.1) is 11.3 Å². The lowest BCUT2D eigenvalue weighted by atomic mass is 10.2. The number of rotatable bonds is 3. The quantitative estimate of drug-likeness (QED) is 0.812. The molecule has 2 N–H and O–H groups in total. The Morgan fingerprint density at radius 1 is 1.37 bits per heavy atom. The van der Waals surface area contributed by atoms with E-state index >= 15 is 0 Å². The number of aliphatic hydroxyl groups excluding tert-OH is 1. The van der Waals surface area contributed by atoms with E-state index in [9.17, 15) is 4.79 Å². The van der Waals surface area contributed by atoms with Gasteiger partial charge in [-0.3, -0.25) is 14.8 Å². The van der Waals surface area contributed by atoms with Gasteiger partial charge in [-0.05, 0) is 6.07 Å². The van der Waals surface area contributed by atoms with E-state index in [-0.39, 0.29) is 12.5 Å². The maximum atomic E-state index is 11.9. The SMILES string of the molecule is O=C(NCc1cncs1)c1cncc(C#CCO)c1. The van der Waals surface area contributed by atoms with Gasteiger partial charge in [0.25, 0.3) is 5.91 Å². The Balaban J connectivity index is 2.02. The Labute approximate surface area is 114 Å². The average Bonchev–Trinajstić information content (AvgIpc) is 2.96. The molecule has 2 aromatic heterocycles. The molecule has 1 amide bonds. The van der Waals surface area contributed by atoms with E-state index in [4.69, 9.17) is 5.11 Å². The van der Waals surface area contributed by atoms with Gasteiger partial charge in [0.15, 0.2) is 0 Å². The number of hydrogen-bond donors (Lipinski definition) is 2. The summed E-state index contributed by atoms with van der Waals surface area (Å²) in [7, 11) is 0. The van der Waals surface area contributed by atoms with Crippen LogP contribution < -0.4 is 5.32 Å². The number of carbonyl (C=O) groups is 1. The van der Waals surface area contributed by atoms with Crippen molar-refractivity contribution in [2.45, 2.75) is 6.54 Å². The van der Waals surface area contributed by atoms with Crippen LogP contribution >= 0.6 is 11.3 Å². The van der Waals surface area contributed by atoms with E-state index in [2.05, 4.69) is 27.1 Å². The second kappa shape index (κ2) is 6.64. The Bertz CT molecular complexity index is 614. The normalized spacial score (nSPS) is 9.53. The first kappa shape index (κ1) is 13.2. The van der Waals surface area contributed by atoms with Crippen LogP contribution in [-0.2, 0) is 6.54 Å². The van der Waals surface area contributed by atoms with Crippen LogP contribution in [0, 0.1) is 11.8 Å². The number of amides is 1. The molecule has 0 aliphatic carbocycles. The maximum Gasteiger partial charge on any atom is 0.253 e. The molecule has 0 saturated heterocycles. The van der Waals surface area contributed by atoms with Crippen molar-refractivity contribution in [3.8, 4) is 11.8 Å². The molecule has 0 aromatic carbocycles. The fourth-order valence-electron chi connectivity index (χ4n) is 1.37. The fraction of sp³-hybridized carbons (Fsp3) is 0.154. The summed E-state index contributed by atoms with van der Waals surface area (Å²) in [4.78, 5) is 20.8. The van der Waals surface area contributed by atoms with Gasteiger partial charge >= 0.3 is 0 Å². The van der Waals surface area contributed by atoms with Crippen LogP contribution in [0.2, 0.25) is 0 Å². The van der Waals surface area contributed by atoms with Crippen LogP contribution in [0.5, 0.6) is 0 Å². The Kier molecular flexibility index (Phi) is 4.61. The van der Waals surface area contributed by atoms with Gasteiger partial charge in [0.2, 0.25) is 0 Å². The molecular weight excluding hydrogens is 262 g/mol. The fourth-order valence-corrected chi connectivity index (χ4v) is 1.91. The number of pyridine rings is 1. The summed E-state index contributed by atoms with van der Waals surface area (Å²) in [5, 5.41) is 11.4. The third kappa shape index (κ3) is 3.88. The van der Waals surface area contributed by atoms with Gasteiger partial charge in [0, 0.05) is 29.0 Å². The molecule has 0 aliphatic rings. The van der Waals surface area contributed by atoms with Crippen LogP contribution in [0.4, 0.5) is 0 Å². The average molecular weight is 273 g/mol. The second-order valence-electron chi connectivity index (χ2n) is 3.57. The Hall–Kier alpha value is -2.23. The van der Waals surface area contributed by atoms with E-state index in [0.717, 1.165) is 4.88 Å². The molecule has 2 aromatic rings. The van der Waals surface area contributed by atoms with E-state index in [1.54, 1.807) is 24.0 Å². The molecule has 6 heteroatoms. The lowest BCUT2D eigenvalue weighted by molar-refractivity contribution is 0.0951. The minimum Gasteiger partial charge on any atom is -0.384 e. The van der Waals surface area contributed by atoms with E-state index < -0.39 is 0 Å². The minimum absolute atomic E-state index is 0.214. The number of hydrogen-bond acceptors (Lipinski definition) is 5. The van der Waals surface area contributed by atoms with Gasteiger partial charge in [-0.1, -0.05) is 11.8 Å². The molecule has 0 aliphatic heterocycles. The summed E-state index contributed by atoms with van der Waals surface area (Å²) < 4.78 is 0. The highest BCUT2D eigenvalue weighted by atomic mass is 32.1. The Morgan fingerprint density at radius 2 is 2.26 bits per heavy atom. The van der Waals surface area contributed by atoms with Crippen LogP contribution in [0.1, 0.15) is 20.8 Å². The molecule has 0 fully saturated rings. The van der Waals surface area contributed by atoms with Gasteiger partial charge in [-0.2, -0.15) is 0 Å². The molecule has 0 bridgehead atoms. The molecule has 96 valence electrons. The summed E-state index contributed by atoms with van der Waals surface area (Å²) in [6.45, 7) is 0.220. The number of carbonyl (C=O) groups excluding carboxylic acids is 1. The standard InChI is InChI=1S/C13H11N3O2S/c17-3-1-2-10-4-11(6-14-5-10)13(18)16-8-12-7-15-9-19-12/h4-7,9,17H,3,8H2,(H,16,18). The molecule has 2 heterocycles. The van der Waals surface area contributed by atoms with Gasteiger partial charge < -0.3 is 10.4 Å². The van der Waals surface area contributed by atoms with Crippen molar-refractivity contribution >= 4 is 17.2 Å². The van der Waals surface area contributed by atoms with Crippen LogP contribution in [0.3, 0.4) is 0 Å². The van der Waals surface area contributed by atoms with Crippen molar-refractivity contribution in [3.63, 3.8) is 0 Å². The van der Waals surface area contributed by atoms with E-state index in [0.29, 0.717) is 17.7 Å². The van der Waals surface area contributed by atoms with Crippen molar-refractivity contribution < 1.29 is 9.90 Å². The molecule has 2 rings (SSSR count). The van der Waals surface area contributed by atoms with Gasteiger partial charge in [0.05, 0.1) is 17.6 Å². The smallest absolute Gasteiger partial charge is 0.253 e. The predicted octanol–water partition coefficient (Wildman–Crippen LogP) is 0.812. The summed E-state index contributed by atoms with van der Waals surface area (Å²) >= 11 is 1.48. The molecule has 19 heavy (non-hydrogen) atoms. The van der Waals surface area contributed by atoms with Crippen LogP contribution in [0.15, 0.2) is 30.2 Å². The number of nitrogens with one attached hydrogen (secondary N) is 1. The number of thiazole rings is 1. The Morgan fingerprint density at radius 3 is 3.00 bits per heavy atom. The zero-order valence-electron chi connectivity index (χ0n) is 9.96. The molecule has 5 nitrogen and oxygen atoms in total. The zero-order chi connectivity index (χ0) is 13.5. The highest BCUT2D eigenvalue weighted by Gasteiger charge is 2.06. The predicted molar refractivity (Wildman–Crippen MR) is 71.5 cm³/mol. The summed E-state index contributed by atoms with van der Waals surface area (Å²) in [6, 6.07) is 1.64.